The average Bonchev–Trinajstić information content (AvgIpc) is 2.02. The lowest BCUT2D eigenvalue weighted by Crippen LogP contribution is -2.27. The van der Waals surface area contributed by atoms with E-state index in [1.807, 2.05) is 0 Å². The van der Waals surface area contributed by atoms with Crippen molar-refractivity contribution in [2.24, 2.45) is 0 Å². The molecule has 0 aromatic carbocycles. The minimum Gasteiger partial charge on any atom is -0.453 e. The van der Waals surface area contributed by atoms with Gasteiger partial charge >= 0.3 is 6.09 Å². The Morgan fingerprint density at radius 3 is 2.64 bits per heavy atom. The highest BCUT2D eigenvalue weighted by Gasteiger charge is 2.06. The lowest BCUT2D eigenvalue weighted by atomic mass is 10.3. The maximum Gasteiger partial charge on any atom is 0.409 e. The van der Waals surface area contributed by atoms with Crippen molar-refractivity contribution in [1.82, 2.24) is 4.90 Å². The van der Waals surface area contributed by atoms with Gasteiger partial charge in [-0.25, -0.2) is 4.79 Å². The Bertz CT molecular complexity index is 175. The summed E-state index contributed by atoms with van der Waals surface area (Å²) in [5.74, 6) is 0. The van der Waals surface area contributed by atoms with Crippen molar-refractivity contribution in [2.45, 2.75) is 0 Å². The van der Waals surface area contributed by atoms with Gasteiger partial charge in [0.1, 0.15) is 0 Å². The fourth-order valence-corrected chi connectivity index (χ4v) is 0.590. The van der Waals surface area contributed by atoms with Crippen molar-refractivity contribution in [3.8, 4) is 0 Å². The average molecular weight is 155 g/mol. The Morgan fingerprint density at radius 1 is 1.73 bits per heavy atom. The molecule has 0 heterocycles. The number of ether oxygens (including phenoxy) is 1. The minimum absolute atomic E-state index is 0.368. The van der Waals surface area contributed by atoms with E-state index in [9.17, 15) is 4.79 Å². The molecule has 62 valence electrons. The summed E-state index contributed by atoms with van der Waals surface area (Å²) in [4.78, 5) is 12.2. The van der Waals surface area contributed by atoms with Crippen LogP contribution in [0.15, 0.2) is 24.8 Å². The number of nitrogens with zero attached hydrogens (tertiary/aromatic N) is 1. The van der Waals surface area contributed by atoms with Gasteiger partial charge in [-0.05, 0) is 5.57 Å². The number of carbonyl (C=O) groups is 1. The Kier molecular flexibility index (Phi) is 4.03. The second-order valence-electron chi connectivity index (χ2n) is 2.19. The van der Waals surface area contributed by atoms with Crippen LogP contribution in [-0.2, 0) is 4.74 Å². The fraction of sp³-hybridized carbons (Fsp3) is 0.375. The van der Waals surface area contributed by atoms with E-state index >= 15 is 0 Å². The van der Waals surface area contributed by atoms with Gasteiger partial charge in [0.15, 0.2) is 0 Å². The summed E-state index contributed by atoms with van der Waals surface area (Å²) < 4.78 is 4.47. The lowest BCUT2D eigenvalue weighted by molar-refractivity contribution is 0.137. The first kappa shape index (κ1) is 9.75. The molecule has 0 spiro atoms. The zero-order valence-electron chi connectivity index (χ0n) is 6.96. The van der Waals surface area contributed by atoms with Crippen LogP contribution in [-0.4, -0.2) is 31.7 Å². The van der Waals surface area contributed by atoms with Crippen molar-refractivity contribution in [2.75, 3.05) is 20.7 Å². The second-order valence-corrected chi connectivity index (χ2v) is 2.19. The molecule has 11 heavy (non-hydrogen) atoms. The van der Waals surface area contributed by atoms with Crippen LogP contribution in [0.1, 0.15) is 0 Å². The second kappa shape index (κ2) is 4.55. The molecule has 0 aromatic heterocycles. The molecular formula is C8H13NO2. The Balaban J connectivity index is 3.86. The maximum atomic E-state index is 10.8. The molecule has 0 aromatic rings. The number of hydrogen-bond donors (Lipinski definition) is 0. The first-order valence-corrected chi connectivity index (χ1v) is 3.21. The van der Waals surface area contributed by atoms with Gasteiger partial charge in [-0.1, -0.05) is 19.2 Å². The zero-order chi connectivity index (χ0) is 8.85. The van der Waals surface area contributed by atoms with Crippen molar-refractivity contribution in [3.05, 3.63) is 24.8 Å². The van der Waals surface area contributed by atoms with Gasteiger partial charge in [-0.2, -0.15) is 0 Å². The normalized spacial score (nSPS) is 8.55. The van der Waals surface area contributed by atoms with E-state index in [-0.39, 0.29) is 6.09 Å². The topological polar surface area (TPSA) is 29.5 Å². The van der Waals surface area contributed by atoms with Crippen LogP contribution in [0.25, 0.3) is 0 Å². The Labute approximate surface area is 66.9 Å². The number of likely N-dealkylation sites (N-methyl/N-ethyl adjacent to an activating group) is 1. The monoisotopic (exact) mass is 155 g/mol. The summed E-state index contributed by atoms with van der Waals surface area (Å²) in [5.41, 5.74) is 0.790. The molecule has 0 saturated carbocycles. The van der Waals surface area contributed by atoms with Gasteiger partial charge < -0.3 is 9.64 Å². The van der Waals surface area contributed by atoms with E-state index in [2.05, 4.69) is 17.9 Å². The molecule has 0 rings (SSSR count). The fourth-order valence-electron chi connectivity index (χ4n) is 0.590. The van der Waals surface area contributed by atoms with E-state index in [0.29, 0.717) is 6.54 Å². The molecule has 0 radical (unpaired) electrons. The van der Waals surface area contributed by atoms with Crippen LogP contribution in [0, 0.1) is 0 Å². The standard InChI is InChI=1S/C8H13NO2/c1-5-7(2)6-9(3)8(10)11-4/h5H,1-2,6H2,3-4H3. The van der Waals surface area contributed by atoms with Crippen LogP contribution < -0.4 is 0 Å². The summed E-state index contributed by atoms with van der Waals surface area (Å²) in [6, 6.07) is 0. The third kappa shape index (κ3) is 3.45. The minimum atomic E-state index is -0.368. The molecule has 0 aliphatic carbocycles. The van der Waals surface area contributed by atoms with Crippen LogP contribution in [0.3, 0.4) is 0 Å². The zero-order valence-corrected chi connectivity index (χ0v) is 6.96. The van der Waals surface area contributed by atoms with Crippen molar-refractivity contribution in [3.63, 3.8) is 0 Å². The number of methoxy groups -OCH3 is 1. The predicted molar refractivity (Wildman–Crippen MR) is 44.4 cm³/mol. The van der Waals surface area contributed by atoms with E-state index in [4.69, 9.17) is 0 Å². The third-order valence-corrected chi connectivity index (χ3v) is 1.22. The molecule has 0 aliphatic heterocycles. The summed E-state index contributed by atoms with van der Waals surface area (Å²) in [6.45, 7) is 7.64. The molecule has 0 aliphatic rings. The first-order chi connectivity index (χ1) is 5.11. The number of hydrogen-bond acceptors (Lipinski definition) is 2. The highest BCUT2D eigenvalue weighted by atomic mass is 16.5. The third-order valence-electron chi connectivity index (χ3n) is 1.22. The molecule has 1 amide bonds. The number of carbonyl (C=O) groups excluding carboxylic acids is 1. The van der Waals surface area contributed by atoms with Crippen molar-refractivity contribution in [1.29, 1.82) is 0 Å². The molecule has 0 atom stereocenters. The van der Waals surface area contributed by atoms with Gasteiger partial charge in [-0.15, -0.1) is 0 Å². The molecular weight excluding hydrogens is 142 g/mol. The summed E-state index contributed by atoms with van der Waals surface area (Å²) in [6.07, 6.45) is 1.24. The molecule has 0 bridgehead atoms. The summed E-state index contributed by atoms with van der Waals surface area (Å²) in [7, 11) is 2.98. The molecule has 0 N–H and O–H groups in total. The van der Waals surface area contributed by atoms with Gasteiger partial charge in [-0.3, -0.25) is 0 Å². The molecule has 0 unspecified atom stereocenters. The van der Waals surface area contributed by atoms with Gasteiger partial charge in [0.2, 0.25) is 0 Å². The smallest absolute Gasteiger partial charge is 0.409 e. The molecule has 0 fully saturated rings. The van der Waals surface area contributed by atoms with Crippen LogP contribution in [0.5, 0.6) is 0 Å². The number of amides is 1. The quantitative estimate of drug-likeness (QED) is 0.577. The summed E-state index contributed by atoms with van der Waals surface area (Å²) in [5, 5.41) is 0. The van der Waals surface area contributed by atoms with E-state index in [1.165, 1.54) is 12.0 Å². The molecule has 0 saturated heterocycles. The molecule has 3 nitrogen and oxygen atoms in total. The highest BCUT2D eigenvalue weighted by Crippen LogP contribution is 1.96. The summed E-state index contributed by atoms with van der Waals surface area (Å²) >= 11 is 0. The Hall–Kier alpha value is -1.25. The van der Waals surface area contributed by atoms with E-state index < -0.39 is 0 Å². The highest BCUT2D eigenvalue weighted by molar-refractivity contribution is 5.67. The predicted octanol–water partition coefficient (Wildman–Crippen LogP) is 1.43. The van der Waals surface area contributed by atoms with Crippen LogP contribution in [0.2, 0.25) is 0 Å². The van der Waals surface area contributed by atoms with Crippen molar-refractivity contribution >= 4 is 6.09 Å². The van der Waals surface area contributed by atoms with Crippen molar-refractivity contribution < 1.29 is 9.53 Å². The number of rotatable bonds is 3. The van der Waals surface area contributed by atoms with E-state index in [0.717, 1.165) is 5.57 Å². The van der Waals surface area contributed by atoms with E-state index in [1.54, 1.807) is 13.1 Å². The van der Waals surface area contributed by atoms with Gasteiger partial charge in [0, 0.05) is 13.6 Å². The van der Waals surface area contributed by atoms with Crippen LogP contribution >= 0.6 is 0 Å². The Morgan fingerprint density at radius 2 is 2.27 bits per heavy atom. The van der Waals surface area contributed by atoms with Gasteiger partial charge in [0.25, 0.3) is 0 Å². The van der Waals surface area contributed by atoms with Gasteiger partial charge in [0.05, 0.1) is 7.11 Å². The maximum absolute atomic E-state index is 10.8. The SMILES string of the molecule is C=CC(=C)CN(C)C(=O)OC. The van der Waals surface area contributed by atoms with Crippen LogP contribution in [0.4, 0.5) is 4.79 Å². The molecule has 3 heteroatoms. The lowest BCUT2D eigenvalue weighted by Gasteiger charge is -2.14. The first-order valence-electron chi connectivity index (χ1n) is 3.21. The largest absolute Gasteiger partial charge is 0.453 e.